The van der Waals surface area contributed by atoms with Crippen LogP contribution in [0.4, 0.5) is 11.5 Å². The lowest BCUT2D eigenvalue weighted by Crippen LogP contribution is -2.36. The number of nitrogens with zero attached hydrogens (tertiary/aromatic N) is 2. The van der Waals surface area contributed by atoms with Gasteiger partial charge in [-0.25, -0.2) is 4.98 Å². The zero-order chi connectivity index (χ0) is 18.5. The lowest BCUT2D eigenvalue weighted by atomic mass is 10.2. The van der Waals surface area contributed by atoms with Gasteiger partial charge in [0.25, 0.3) is 5.91 Å². The number of anilines is 2. The van der Waals surface area contributed by atoms with Crippen molar-refractivity contribution in [2.75, 3.05) is 50.7 Å². The highest BCUT2D eigenvalue weighted by Crippen LogP contribution is 2.36. The summed E-state index contributed by atoms with van der Waals surface area (Å²) < 4.78 is 15.8. The molecule has 1 aromatic heterocycles. The normalized spacial score (nSPS) is 14.0. The molecule has 0 atom stereocenters. The van der Waals surface area contributed by atoms with Crippen LogP contribution in [-0.4, -0.2) is 51.4 Å². The van der Waals surface area contributed by atoms with E-state index in [4.69, 9.17) is 25.8 Å². The summed E-state index contributed by atoms with van der Waals surface area (Å²) >= 11 is 6.10. The van der Waals surface area contributed by atoms with Crippen molar-refractivity contribution in [1.82, 2.24) is 4.98 Å². The van der Waals surface area contributed by atoms with Gasteiger partial charge in [0.15, 0.2) is 0 Å². The fraction of sp³-hybridized carbons (Fsp3) is 0.333. The second-order valence-corrected chi connectivity index (χ2v) is 6.05. The Morgan fingerprint density at radius 2 is 1.92 bits per heavy atom. The molecule has 0 saturated carbocycles. The van der Waals surface area contributed by atoms with Gasteiger partial charge in [-0.15, -0.1) is 0 Å². The molecule has 138 valence electrons. The van der Waals surface area contributed by atoms with Crippen LogP contribution < -0.4 is 19.7 Å². The standard InChI is InChI=1S/C18H20ClN3O4/c1-24-15-11-14(16(25-2)10-13(15)19)21-18(23)12-3-4-20-17(9-12)22-5-7-26-8-6-22/h3-4,9-11H,5-8H2,1-2H3,(H,21,23). The Kier molecular flexibility index (Phi) is 5.80. The van der Waals surface area contributed by atoms with Crippen LogP contribution in [-0.2, 0) is 4.74 Å². The van der Waals surface area contributed by atoms with Crippen LogP contribution in [0.25, 0.3) is 0 Å². The fourth-order valence-electron chi connectivity index (χ4n) is 2.68. The number of methoxy groups -OCH3 is 2. The number of rotatable bonds is 5. The number of pyridine rings is 1. The summed E-state index contributed by atoms with van der Waals surface area (Å²) in [6, 6.07) is 6.66. The van der Waals surface area contributed by atoms with E-state index in [9.17, 15) is 4.79 Å². The van der Waals surface area contributed by atoms with Gasteiger partial charge in [0.05, 0.1) is 38.1 Å². The molecule has 3 rings (SSSR count). The molecule has 0 radical (unpaired) electrons. The van der Waals surface area contributed by atoms with Crippen molar-refractivity contribution in [3.05, 3.63) is 41.0 Å². The second-order valence-electron chi connectivity index (χ2n) is 5.64. The molecule has 1 amide bonds. The Labute approximate surface area is 156 Å². The number of hydrogen-bond acceptors (Lipinski definition) is 6. The summed E-state index contributed by atoms with van der Waals surface area (Å²) in [7, 11) is 3.02. The van der Waals surface area contributed by atoms with E-state index in [-0.39, 0.29) is 5.91 Å². The molecule has 1 aromatic carbocycles. The zero-order valence-electron chi connectivity index (χ0n) is 14.6. The van der Waals surface area contributed by atoms with Gasteiger partial charge in [0, 0.05) is 37.0 Å². The van der Waals surface area contributed by atoms with E-state index in [1.165, 1.54) is 14.2 Å². The van der Waals surface area contributed by atoms with Crippen molar-refractivity contribution in [2.24, 2.45) is 0 Å². The van der Waals surface area contributed by atoms with Crippen molar-refractivity contribution >= 4 is 29.0 Å². The maximum Gasteiger partial charge on any atom is 0.255 e. The van der Waals surface area contributed by atoms with E-state index in [1.807, 2.05) is 0 Å². The Bertz CT molecular complexity index is 794. The molecule has 1 saturated heterocycles. The van der Waals surface area contributed by atoms with E-state index in [1.54, 1.807) is 30.5 Å². The minimum absolute atomic E-state index is 0.274. The average molecular weight is 378 g/mol. The molecule has 1 aliphatic heterocycles. The molecule has 0 aliphatic carbocycles. The Hall–Kier alpha value is -2.51. The maximum absolute atomic E-state index is 12.7. The lowest BCUT2D eigenvalue weighted by molar-refractivity contribution is 0.102. The van der Waals surface area contributed by atoms with E-state index >= 15 is 0 Å². The number of halogens is 1. The predicted octanol–water partition coefficient (Wildman–Crippen LogP) is 2.84. The van der Waals surface area contributed by atoms with E-state index in [2.05, 4.69) is 15.2 Å². The first-order valence-corrected chi connectivity index (χ1v) is 8.52. The molecule has 0 spiro atoms. The van der Waals surface area contributed by atoms with Crippen LogP contribution in [0.15, 0.2) is 30.5 Å². The summed E-state index contributed by atoms with van der Waals surface area (Å²) in [5.74, 6) is 1.38. The third-order valence-corrected chi connectivity index (χ3v) is 4.36. The van der Waals surface area contributed by atoms with Crippen molar-refractivity contribution in [3.63, 3.8) is 0 Å². The number of ether oxygens (including phenoxy) is 3. The Morgan fingerprint density at radius 1 is 1.19 bits per heavy atom. The maximum atomic E-state index is 12.7. The first-order valence-electron chi connectivity index (χ1n) is 8.14. The number of carbonyl (C=O) groups excluding carboxylic acids is 1. The lowest BCUT2D eigenvalue weighted by Gasteiger charge is -2.27. The van der Waals surface area contributed by atoms with E-state index < -0.39 is 0 Å². The van der Waals surface area contributed by atoms with Gasteiger partial charge < -0.3 is 24.4 Å². The first kappa shape index (κ1) is 18.3. The number of nitrogens with one attached hydrogen (secondary N) is 1. The molecular weight excluding hydrogens is 358 g/mol. The van der Waals surface area contributed by atoms with Crippen LogP contribution in [0.3, 0.4) is 0 Å². The van der Waals surface area contributed by atoms with Crippen LogP contribution in [0.5, 0.6) is 11.5 Å². The highest BCUT2D eigenvalue weighted by Gasteiger charge is 2.17. The summed E-state index contributed by atoms with van der Waals surface area (Å²) in [5, 5.41) is 3.24. The highest BCUT2D eigenvalue weighted by molar-refractivity contribution is 6.32. The second kappa shape index (κ2) is 8.25. The van der Waals surface area contributed by atoms with Gasteiger partial charge in [-0.1, -0.05) is 11.6 Å². The molecule has 8 heteroatoms. The minimum atomic E-state index is -0.274. The van der Waals surface area contributed by atoms with Crippen molar-refractivity contribution < 1.29 is 19.0 Å². The zero-order valence-corrected chi connectivity index (χ0v) is 15.4. The van der Waals surface area contributed by atoms with Crippen LogP contribution in [0.2, 0.25) is 5.02 Å². The highest BCUT2D eigenvalue weighted by atomic mass is 35.5. The molecule has 1 aliphatic rings. The first-order chi connectivity index (χ1) is 12.6. The van der Waals surface area contributed by atoms with Gasteiger partial charge in [-0.2, -0.15) is 0 Å². The third-order valence-electron chi connectivity index (χ3n) is 4.06. The smallest absolute Gasteiger partial charge is 0.255 e. The number of carbonyl (C=O) groups is 1. The molecule has 1 N–H and O–H groups in total. The topological polar surface area (TPSA) is 72.9 Å². The van der Waals surface area contributed by atoms with Gasteiger partial charge in [0.1, 0.15) is 17.3 Å². The molecule has 2 heterocycles. The van der Waals surface area contributed by atoms with Gasteiger partial charge in [-0.05, 0) is 12.1 Å². The SMILES string of the molecule is COc1cc(NC(=O)c2ccnc(N3CCOCC3)c2)c(OC)cc1Cl. The van der Waals surface area contributed by atoms with E-state index in [0.717, 1.165) is 18.9 Å². The molecule has 1 fully saturated rings. The van der Waals surface area contributed by atoms with Crippen molar-refractivity contribution in [1.29, 1.82) is 0 Å². The molecular formula is C18H20ClN3O4. The molecule has 2 aromatic rings. The molecule has 26 heavy (non-hydrogen) atoms. The minimum Gasteiger partial charge on any atom is -0.495 e. The van der Waals surface area contributed by atoms with Gasteiger partial charge in [0.2, 0.25) is 0 Å². The summed E-state index contributed by atoms with van der Waals surface area (Å²) in [4.78, 5) is 19.1. The summed E-state index contributed by atoms with van der Waals surface area (Å²) in [6.45, 7) is 2.81. The number of amides is 1. The molecule has 0 unspecified atom stereocenters. The number of hydrogen-bond donors (Lipinski definition) is 1. The fourth-order valence-corrected chi connectivity index (χ4v) is 2.91. The van der Waals surface area contributed by atoms with Crippen molar-refractivity contribution in [3.8, 4) is 11.5 Å². The largest absolute Gasteiger partial charge is 0.495 e. The quantitative estimate of drug-likeness (QED) is 0.863. The third kappa shape index (κ3) is 4.00. The number of aromatic nitrogens is 1. The monoisotopic (exact) mass is 377 g/mol. The molecule has 0 bridgehead atoms. The molecule has 7 nitrogen and oxygen atoms in total. The Balaban J connectivity index is 1.82. The Morgan fingerprint density at radius 3 is 2.62 bits per heavy atom. The predicted molar refractivity (Wildman–Crippen MR) is 99.8 cm³/mol. The van der Waals surface area contributed by atoms with Crippen molar-refractivity contribution in [2.45, 2.75) is 0 Å². The van der Waals surface area contributed by atoms with Crippen LogP contribution in [0, 0.1) is 0 Å². The van der Waals surface area contributed by atoms with Crippen LogP contribution in [0.1, 0.15) is 10.4 Å². The summed E-state index contributed by atoms with van der Waals surface area (Å²) in [5.41, 5.74) is 0.973. The summed E-state index contributed by atoms with van der Waals surface area (Å²) in [6.07, 6.45) is 1.62. The number of morpholine rings is 1. The van der Waals surface area contributed by atoms with Crippen LogP contribution >= 0.6 is 11.6 Å². The van der Waals surface area contributed by atoms with E-state index in [0.29, 0.717) is 41.0 Å². The number of benzene rings is 1. The van der Waals surface area contributed by atoms with Gasteiger partial charge in [-0.3, -0.25) is 4.79 Å². The van der Waals surface area contributed by atoms with Gasteiger partial charge >= 0.3 is 0 Å². The average Bonchev–Trinajstić information content (AvgIpc) is 2.69.